The third-order valence-corrected chi connectivity index (χ3v) is 25.9. The fourth-order valence-corrected chi connectivity index (χ4v) is 24.0. The summed E-state index contributed by atoms with van der Waals surface area (Å²) >= 11 is 0. The van der Waals surface area contributed by atoms with Crippen LogP contribution in [-0.4, -0.2) is 82.7 Å². The van der Waals surface area contributed by atoms with E-state index in [1.807, 2.05) is 40.2 Å². The normalized spacial score (nSPS) is 46.6. The molecule has 4 bridgehead atoms. The summed E-state index contributed by atoms with van der Waals surface area (Å²) in [6.45, 7) is 9.94. The average Bonchev–Trinajstić information content (AvgIpc) is 4.13. The maximum atomic E-state index is 14.9. The van der Waals surface area contributed by atoms with Gasteiger partial charge in [0.05, 0.1) is 30.2 Å². The topological polar surface area (TPSA) is 180 Å². The molecular formula is C56H81N5O5S2. The van der Waals surface area contributed by atoms with Crippen LogP contribution >= 0.6 is 21.6 Å². The van der Waals surface area contributed by atoms with E-state index in [2.05, 4.69) is 43.4 Å². The number of hydrogen-bond acceptors (Lipinski definition) is 9. The van der Waals surface area contributed by atoms with E-state index in [1.54, 1.807) is 22.3 Å². The molecule has 1 aliphatic heterocycles. The summed E-state index contributed by atoms with van der Waals surface area (Å²) in [6, 6.07) is 0.194. The number of fused-ring (bicyclic) bond motifs is 15. The quantitative estimate of drug-likeness (QED) is 0.0740. The lowest BCUT2D eigenvalue weighted by Crippen LogP contribution is -2.67. The molecule has 1 aromatic heterocycles. The molecule has 7 saturated carbocycles. The van der Waals surface area contributed by atoms with Crippen molar-refractivity contribution in [1.29, 1.82) is 0 Å². The molecule has 0 aromatic carbocycles. The van der Waals surface area contributed by atoms with Crippen LogP contribution in [0.4, 0.5) is 0 Å². The largest absolute Gasteiger partial charge is 0.392 e. The summed E-state index contributed by atoms with van der Waals surface area (Å²) in [6.07, 6.45) is 26.1. The fourth-order valence-electron chi connectivity index (χ4n) is 20.2. The molecule has 68 heavy (non-hydrogen) atoms. The summed E-state index contributed by atoms with van der Waals surface area (Å²) in [5.41, 5.74) is 17.2. The van der Waals surface area contributed by atoms with Crippen LogP contribution in [-0.2, 0) is 4.79 Å². The van der Waals surface area contributed by atoms with E-state index in [0.29, 0.717) is 30.2 Å². The number of aromatic nitrogens is 2. The molecule has 0 amide bonds. The first-order chi connectivity index (χ1) is 32.5. The van der Waals surface area contributed by atoms with Crippen LogP contribution in [0.5, 0.6) is 0 Å². The first-order valence-electron chi connectivity index (χ1n) is 27.3. The molecule has 372 valence electrons. The minimum atomic E-state index is -1.35. The number of aliphatic hydroxyl groups excluding tert-OH is 3. The van der Waals surface area contributed by atoms with Crippen molar-refractivity contribution in [2.24, 2.45) is 91.4 Å². The average molecular weight is 968 g/mol. The maximum Gasteiger partial charge on any atom is 0.185 e. The van der Waals surface area contributed by atoms with Gasteiger partial charge in [0.15, 0.2) is 11.7 Å². The van der Waals surface area contributed by atoms with E-state index < -0.39 is 40.7 Å². The van der Waals surface area contributed by atoms with Crippen molar-refractivity contribution < 1.29 is 25.2 Å². The van der Waals surface area contributed by atoms with Gasteiger partial charge in [0.1, 0.15) is 0 Å². The Hall–Kier alpha value is -2.09. The monoisotopic (exact) mass is 968 g/mol. The molecule has 2 spiro atoms. The number of guanidine groups is 1. The highest BCUT2D eigenvalue weighted by Gasteiger charge is 2.76. The van der Waals surface area contributed by atoms with E-state index in [9.17, 15) is 25.2 Å². The molecular weight excluding hydrogens is 887 g/mol. The van der Waals surface area contributed by atoms with Gasteiger partial charge in [0.2, 0.25) is 0 Å². The summed E-state index contributed by atoms with van der Waals surface area (Å²) in [7, 11) is 4.04. The van der Waals surface area contributed by atoms with Crippen molar-refractivity contribution >= 4 is 33.3 Å². The lowest BCUT2D eigenvalue weighted by atomic mass is 9.41. The highest BCUT2D eigenvalue weighted by atomic mass is 33.1. The van der Waals surface area contributed by atoms with Gasteiger partial charge < -0.3 is 36.5 Å². The molecule has 0 unspecified atom stereocenters. The SMILES string of the molecule is CC1(C)C[C@@H](n2ccnc2)CSSC2(CCCC2)[C@H]2C[C@H]([C@@H]3C[C@@H]4CCCC5=C4[C@H](C1=C1CCCC4(CCCC4)[C@@H]51)[C@H]3O)[C@@]1(C)C[C@H](CN=C(N)N)[C@H]3C(=CC(=O)[C@@H]4C[C@@H](O)[C@@H](O)C[C@]34C)[C@]21O. The van der Waals surface area contributed by atoms with Crippen LogP contribution in [0.15, 0.2) is 57.7 Å². The van der Waals surface area contributed by atoms with E-state index >= 15 is 0 Å². The smallest absolute Gasteiger partial charge is 0.185 e. The predicted molar refractivity (Wildman–Crippen MR) is 271 cm³/mol. The Balaban J connectivity index is 1.08. The number of ketones is 1. The molecule has 8 fully saturated rings. The Bertz CT molecular complexity index is 2310. The maximum absolute atomic E-state index is 14.9. The first kappa shape index (κ1) is 46.9. The Morgan fingerprint density at radius 2 is 1.63 bits per heavy atom. The van der Waals surface area contributed by atoms with Gasteiger partial charge in [-0.05, 0) is 160 Å². The van der Waals surface area contributed by atoms with Crippen LogP contribution in [0, 0.1) is 74.9 Å². The molecule has 8 N–H and O–H groups in total. The third-order valence-electron chi connectivity index (χ3n) is 22.5. The second kappa shape index (κ2) is 16.5. The lowest BCUT2D eigenvalue weighted by Gasteiger charge is -2.65. The third kappa shape index (κ3) is 6.59. The number of aliphatic hydroxyl groups is 4. The van der Waals surface area contributed by atoms with Crippen molar-refractivity contribution in [3.05, 3.63) is 52.7 Å². The highest BCUT2D eigenvalue weighted by Crippen LogP contribution is 2.77. The predicted octanol–water partition coefficient (Wildman–Crippen LogP) is 9.24. The van der Waals surface area contributed by atoms with Crippen LogP contribution in [0.1, 0.15) is 162 Å². The van der Waals surface area contributed by atoms with Crippen molar-refractivity contribution in [3.63, 3.8) is 0 Å². The van der Waals surface area contributed by atoms with Gasteiger partial charge in [0, 0.05) is 64.6 Å². The van der Waals surface area contributed by atoms with E-state index in [1.165, 1.54) is 51.4 Å². The minimum absolute atomic E-state index is 0.00768. The molecule has 1 aromatic rings. The zero-order valence-electron chi connectivity index (χ0n) is 41.4. The Morgan fingerprint density at radius 3 is 2.37 bits per heavy atom. The van der Waals surface area contributed by atoms with Gasteiger partial charge in [-0.15, -0.1) is 0 Å². The molecule has 1 saturated heterocycles. The molecule has 12 heteroatoms. The molecule has 10 aliphatic carbocycles. The Labute approximate surface area is 413 Å². The summed E-state index contributed by atoms with van der Waals surface area (Å²) in [4.78, 5) is 24.3. The molecule has 2 heterocycles. The Morgan fingerprint density at radius 1 is 0.897 bits per heavy atom. The van der Waals surface area contributed by atoms with Gasteiger partial charge in [-0.2, -0.15) is 0 Å². The van der Waals surface area contributed by atoms with Gasteiger partial charge in [-0.25, -0.2) is 4.98 Å². The standard InChI is InChI=1S/C56H81N5O5S2/c1-51(2)26-33(61-20-19-59-30-61)29-67-68-55(17-7-8-18-55)43-24-37(36-21-31-11-9-12-34-44(31)45(49(36)65)48(51)35-13-10-16-54(47(34)35)14-5-6-15-54)53(4)25-32(28-60-50(57)58)46-39(56(43,53)66)23-40(62)38-22-41(63)42(64)27-52(38,46)3/h19-20,23,30-33,36-38,41-43,45-47,49,63-66H,5-18,21-22,24-29H2,1-4H3,(H4,57,58,60)/t31-,32+,33+,36-,37+,38-,41+,42-,43+,45+,46-,47-,49-,52-,53+,56-/m0/s1. The van der Waals surface area contributed by atoms with E-state index in [0.717, 1.165) is 69.1 Å². The Kier molecular flexibility index (Phi) is 11.4. The van der Waals surface area contributed by atoms with Crippen molar-refractivity contribution in [1.82, 2.24) is 9.55 Å². The van der Waals surface area contributed by atoms with Gasteiger partial charge in [0.25, 0.3) is 0 Å². The van der Waals surface area contributed by atoms with Crippen LogP contribution in [0.2, 0.25) is 0 Å². The summed E-state index contributed by atoms with van der Waals surface area (Å²) in [5.74, 6) is 0.713. The van der Waals surface area contributed by atoms with E-state index in [4.69, 9.17) is 16.5 Å². The van der Waals surface area contributed by atoms with Crippen LogP contribution in [0.3, 0.4) is 0 Å². The van der Waals surface area contributed by atoms with Crippen LogP contribution < -0.4 is 11.5 Å². The minimum Gasteiger partial charge on any atom is -0.392 e. The number of hydrogen-bond donors (Lipinski definition) is 6. The zero-order valence-corrected chi connectivity index (χ0v) is 43.0. The van der Waals surface area contributed by atoms with Gasteiger partial charge >= 0.3 is 0 Å². The second-order valence-corrected chi connectivity index (χ2v) is 28.8. The summed E-state index contributed by atoms with van der Waals surface area (Å²) < 4.78 is 2.12. The first-order valence-corrected chi connectivity index (χ1v) is 29.6. The summed E-state index contributed by atoms with van der Waals surface area (Å²) in [5, 5.41) is 51.5. The zero-order chi connectivity index (χ0) is 47.3. The number of carbonyl (C=O) groups excluding carboxylic acids is 1. The number of imidazole rings is 1. The number of allylic oxidation sites excluding steroid dienone is 3. The second-order valence-electron chi connectivity index (χ2n) is 26.0. The molecule has 0 radical (unpaired) electrons. The van der Waals surface area contributed by atoms with Crippen molar-refractivity contribution in [2.45, 2.75) is 191 Å². The number of nitrogens with zero attached hydrogens (tertiary/aromatic N) is 3. The van der Waals surface area contributed by atoms with Gasteiger partial charge in [-0.1, -0.05) is 97.3 Å². The number of rotatable bonds is 3. The number of aliphatic imine (C=N–C) groups is 1. The number of nitrogens with two attached hydrogens (primary N) is 2. The molecule has 12 rings (SSSR count). The highest BCUT2D eigenvalue weighted by molar-refractivity contribution is 8.77. The lowest BCUT2D eigenvalue weighted by molar-refractivity contribution is -0.174. The van der Waals surface area contributed by atoms with Crippen LogP contribution in [0.25, 0.3) is 0 Å². The number of carbonyl (C=O) groups is 1. The van der Waals surface area contributed by atoms with Crippen molar-refractivity contribution in [3.8, 4) is 0 Å². The molecule has 16 atom stereocenters. The fraction of sp³-hybridized carbons (Fsp3) is 0.804. The molecule has 10 nitrogen and oxygen atoms in total. The van der Waals surface area contributed by atoms with Gasteiger partial charge in [-0.3, -0.25) is 9.79 Å². The van der Waals surface area contributed by atoms with Crippen molar-refractivity contribution in [2.75, 3.05) is 12.3 Å². The van der Waals surface area contributed by atoms with E-state index in [-0.39, 0.29) is 76.3 Å². The molecule has 11 aliphatic rings.